The Bertz CT molecular complexity index is 542. The van der Waals surface area contributed by atoms with E-state index in [9.17, 15) is 9.59 Å². The number of nitrogens with one attached hydrogen (secondary N) is 1. The summed E-state index contributed by atoms with van der Waals surface area (Å²) in [4.78, 5) is 25.6. The molecule has 1 aromatic carbocycles. The average Bonchev–Trinajstić information content (AvgIpc) is 2.46. The zero-order valence-corrected chi connectivity index (χ0v) is 12.8. The van der Waals surface area contributed by atoms with Crippen molar-refractivity contribution in [3.63, 3.8) is 0 Å². The van der Waals surface area contributed by atoms with E-state index in [1.807, 2.05) is 0 Å². The van der Waals surface area contributed by atoms with E-state index in [4.69, 9.17) is 4.74 Å². The van der Waals surface area contributed by atoms with E-state index in [-0.39, 0.29) is 18.3 Å². The van der Waals surface area contributed by atoms with Crippen LogP contribution in [-0.2, 0) is 20.9 Å². The fourth-order valence-corrected chi connectivity index (χ4v) is 2.60. The first-order valence-corrected chi connectivity index (χ1v) is 7.16. The number of benzene rings is 1. The van der Waals surface area contributed by atoms with Gasteiger partial charge in [0, 0.05) is 19.6 Å². The van der Waals surface area contributed by atoms with Crippen molar-refractivity contribution < 1.29 is 14.3 Å². The van der Waals surface area contributed by atoms with Crippen LogP contribution in [0.25, 0.3) is 0 Å². The summed E-state index contributed by atoms with van der Waals surface area (Å²) in [6.07, 6.45) is 0.0905. The molecule has 0 saturated carbocycles. The van der Waals surface area contributed by atoms with Crippen LogP contribution in [0.1, 0.15) is 23.1 Å². The van der Waals surface area contributed by atoms with Crippen LogP contribution in [0.15, 0.2) is 18.2 Å². The van der Waals surface area contributed by atoms with E-state index in [0.29, 0.717) is 13.1 Å². The van der Waals surface area contributed by atoms with E-state index >= 15 is 0 Å². The molecule has 5 nitrogen and oxygen atoms in total. The molecular weight excluding hydrogens is 268 g/mol. The number of nitrogens with zero attached hydrogens (tertiary/aromatic N) is 1. The first-order chi connectivity index (χ1) is 10.0. The lowest BCUT2D eigenvalue weighted by molar-refractivity contribution is -0.146. The van der Waals surface area contributed by atoms with Gasteiger partial charge in [0.2, 0.25) is 5.91 Å². The molecule has 2 rings (SSSR count). The molecule has 0 aromatic heterocycles. The van der Waals surface area contributed by atoms with Gasteiger partial charge in [0.15, 0.2) is 0 Å². The van der Waals surface area contributed by atoms with Crippen LogP contribution < -0.4 is 5.32 Å². The third-order valence-electron chi connectivity index (χ3n) is 3.91. The van der Waals surface area contributed by atoms with E-state index in [0.717, 1.165) is 6.54 Å². The maximum atomic E-state index is 12.0. The lowest BCUT2D eigenvalue weighted by Gasteiger charge is -2.34. The number of esters is 1. The number of piperazine rings is 1. The zero-order valence-electron chi connectivity index (χ0n) is 12.8. The first-order valence-electron chi connectivity index (χ1n) is 7.16. The van der Waals surface area contributed by atoms with Gasteiger partial charge in [0.25, 0.3) is 0 Å². The highest BCUT2D eigenvalue weighted by atomic mass is 16.5. The van der Waals surface area contributed by atoms with Crippen molar-refractivity contribution in [2.45, 2.75) is 32.9 Å². The van der Waals surface area contributed by atoms with Crippen molar-refractivity contribution in [2.24, 2.45) is 0 Å². The molecule has 114 valence electrons. The molecule has 1 aliphatic heterocycles. The van der Waals surface area contributed by atoms with E-state index < -0.39 is 6.04 Å². The number of methoxy groups -OCH3 is 1. The quantitative estimate of drug-likeness (QED) is 0.846. The lowest BCUT2D eigenvalue weighted by Crippen LogP contribution is -2.55. The fraction of sp³-hybridized carbons (Fsp3) is 0.500. The second kappa shape index (κ2) is 6.72. The van der Waals surface area contributed by atoms with Crippen LogP contribution >= 0.6 is 0 Å². The number of carbonyl (C=O) groups is 2. The molecule has 0 aliphatic carbocycles. The molecule has 1 unspecified atom stereocenters. The number of hydrogen-bond donors (Lipinski definition) is 1. The van der Waals surface area contributed by atoms with Gasteiger partial charge >= 0.3 is 5.97 Å². The Kier molecular flexibility index (Phi) is 4.96. The fourth-order valence-electron chi connectivity index (χ4n) is 2.60. The van der Waals surface area contributed by atoms with Crippen molar-refractivity contribution >= 4 is 11.9 Å². The molecule has 1 atom stereocenters. The topological polar surface area (TPSA) is 58.6 Å². The molecule has 1 heterocycles. The molecule has 1 fully saturated rings. The third-order valence-corrected chi connectivity index (χ3v) is 3.91. The molecule has 0 spiro atoms. The van der Waals surface area contributed by atoms with Crippen LogP contribution in [0.3, 0.4) is 0 Å². The van der Waals surface area contributed by atoms with Gasteiger partial charge in [-0.2, -0.15) is 0 Å². The van der Waals surface area contributed by atoms with Gasteiger partial charge in [-0.3, -0.25) is 14.5 Å². The minimum absolute atomic E-state index is 0.0905. The maximum absolute atomic E-state index is 12.0. The third kappa shape index (κ3) is 3.82. The Morgan fingerprint density at radius 2 is 2.19 bits per heavy atom. The Balaban J connectivity index is 2.16. The summed E-state index contributed by atoms with van der Waals surface area (Å²) in [6.45, 7) is 6.14. The van der Waals surface area contributed by atoms with Crippen LogP contribution in [-0.4, -0.2) is 43.0 Å². The monoisotopic (exact) mass is 290 g/mol. The Morgan fingerprint density at radius 1 is 1.43 bits per heavy atom. The molecule has 0 radical (unpaired) electrons. The first kappa shape index (κ1) is 15.5. The summed E-state index contributed by atoms with van der Waals surface area (Å²) in [7, 11) is 1.35. The van der Waals surface area contributed by atoms with E-state index in [1.165, 1.54) is 23.8 Å². The van der Waals surface area contributed by atoms with Gasteiger partial charge in [0.05, 0.1) is 13.5 Å². The molecule has 1 N–H and O–H groups in total. The molecule has 21 heavy (non-hydrogen) atoms. The summed E-state index contributed by atoms with van der Waals surface area (Å²) in [5, 5.41) is 2.81. The average molecular weight is 290 g/mol. The lowest BCUT2D eigenvalue weighted by atomic mass is 10.0. The Morgan fingerprint density at radius 3 is 2.90 bits per heavy atom. The number of rotatable bonds is 4. The molecule has 1 amide bonds. The van der Waals surface area contributed by atoms with Crippen LogP contribution in [0.5, 0.6) is 0 Å². The van der Waals surface area contributed by atoms with Crippen LogP contribution in [0, 0.1) is 13.8 Å². The van der Waals surface area contributed by atoms with Gasteiger partial charge in [-0.15, -0.1) is 0 Å². The SMILES string of the molecule is COC(=O)CC1C(=O)NCCN1Cc1cc(C)ccc1C. The molecular formula is C16H22N2O3. The molecule has 5 heteroatoms. The van der Waals surface area contributed by atoms with Crippen molar-refractivity contribution in [1.29, 1.82) is 0 Å². The largest absolute Gasteiger partial charge is 0.469 e. The number of ether oxygens (including phenoxy) is 1. The number of aryl methyl sites for hydroxylation is 2. The highest BCUT2D eigenvalue weighted by Crippen LogP contribution is 2.18. The van der Waals surface area contributed by atoms with Gasteiger partial charge in [0.1, 0.15) is 6.04 Å². The van der Waals surface area contributed by atoms with Crippen molar-refractivity contribution in [2.75, 3.05) is 20.2 Å². The Labute approximate surface area is 125 Å². The predicted molar refractivity (Wildman–Crippen MR) is 79.8 cm³/mol. The summed E-state index contributed by atoms with van der Waals surface area (Å²) < 4.78 is 4.70. The minimum atomic E-state index is -0.453. The van der Waals surface area contributed by atoms with Gasteiger partial charge in [-0.25, -0.2) is 0 Å². The summed E-state index contributed by atoms with van der Waals surface area (Å²) in [6, 6.07) is 5.85. The smallest absolute Gasteiger partial charge is 0.307 e. The highest BCUT2D eigenvalue weighted by Gasteiger charge is 2.32. The summed E-state index contributed by atoms with van der Waals surface area (Å²) in [5.74, 6) is -0.458. The summed E-state index contributed by atoms with van der Waals surface area (Å²) in [5.41, 5.74) is 3.59. The van der Waals surface area contributed by atoms with Crippen molar-refractivity contribution in [1.82, 2.24) is 10.2 Å². The molecule has 0 bridgehead atoms. The molecule has 1 aromatic rings. The van der Waals surface area contributed by atoms with Gasteiger partial charge < -0.3 is 10.1 Å². The van der Waals surface area contributed by atoms with Gasteiger partial charge in [-0.05, 0) is 25.0 Å². The standard InChI is InChI=1S/C16H22N2O3/c1-11-4-5-12(2)13(8-11)10-18-7-6-17-16(20)14(18)9-15(19)21-3/h4-5,8,14H,6-7,9-10H2,1-3H3,(H,17,20). The summed E-state index contributed by atoms with van der Waals surface area (Å²) >= 11 is 0. The zero-order chi connectivity index (χ0) is 15.4. The van der Waals surface area contributed by atoms with E-state index in [2.05, 4.69) is 42.3 Å². The van der Waals surface area contributed by atoms with E-state index in [1.54, 1.807) is 0 Å². The number of amides is 1. The van der Waals surface area contributed by atoms with Crippen molar-refractivity contribution in [3.8, 4) is 0 Å². The Hall–Kier alpha value is -1.88. The normalized spacial score (nSPS) is 19.2. The van der Waals surface area contributed by atoms with Gasteiger partial charge in [-0.1, -0.05) is 23.8 Å². The second-order valence-electron chi connectivity index (χ2n) is 5.49. The van der Waals surface area contributed by atoms with Crippen LogP contribution in [0.2, 0.25) is 0 Å². The minimum Gasteiger partial charge on any atom is -0.469 e. The maximum Gasteiger partial charge on any atom is 0.307 e. The highest BCUT2D eigenvalue weighted by molar-refractivity contribution is 5.87. The predicted octanol–water partition coefficient (Wildman–Crippen LogP) is 1.17. The number of carbonyl (C=O) groups excluding carboxylic acids is 2. The van der Waals surface area contributed by atoms with Crippen LogP contribution in [0.4, 0.5) is 0 Å². The van der Waals surface area contributed by atoms with Crippen molar-refractivity contribution in [3.05, 3.63) is 34.9 Å². The molecule has 1 aliphatic rings. The second-order valence-corrected chi connectivity index (χ2v) is 5.49. The molecule has 1 saturated heterocycles. The number of hydrogen-bond acceptors (Lipinski definition) is 4.